The molecule has 0 aliphatic carbocycles. The van der Waals surface area contributed by atoms with E-state index in [1.807, 2.05) is 66.6 Å². The van der Waals surface area contributed by atoms with Crippen LogP contribution in [0.4, 0.5) is 5.69 Å². The van der Waals surface area contributed by atoms with E-state index < -0.39 is 0 Å². The minimum absolute atomic E-state index is 0.0419. The van der Waals surface area contributed by atoms with Gasteiger partial charge in [-0.05, 0) is 55.2 Å². The van der Waals surface area contributed by atoms with E-state index in [1.165, 1.54) is 0 Å². The Hall–Kier alpha value is -3.41. The molecule has 0 bridgehead atoms. The predicted octanol–water partition coefficient (Wildman–Crippen LogP) is 3.60. The molecule has 4 rings (SSSR count). The van der Waals surface area contributed by atoms with Gasteiger partial charge >= 0.3 is 0 Å². The van der Waals surface area contributed by atoms with Crippen molar-refractivity contribution < 1.29 is 9.59 Å². The predicted molar refractivity (Wildman–Crippen MR) is 112 cm³/mol. The van der Waals surface area contributed by atoms with Crippen molar-refractivity contribution >= 4 is 17.5 Å². The Kier molecular flexibility index (Phi) is 5.42. The molecular formula is C23H24N4O2. The summed E-state index contributed by atoms with van der Waals surface area (Å²) >= 11 is 0. The lowest BCUT2D eigenvalue weighted by atomic mass is 10.1. The lowest BCUT2D eigenvalue weighted by Gasteiger charge is -2.18. The van der Waals surface area contributed by atoms with Crippen molar-refractivity contribution in [3.63, 3.8) is 0 Å². The largest absolute Gasteiger partial charge is 0.339 e. The molecule has 29 heavy (non-hydrogen) atoms. The summed E-state index contributed by atoms with van der Waals surface area (Å²) in [6, 6.07) is 15.2. The second-order valence-electron chi connectivity index (χ2n) is 7.33. The number of rotatable bonds is 5. The third-order valence-electron chi connectivity index (χ3n) is 5.25. The van der Waals surface area contributed by atoms with Crippen LogP contribution in [0.2, 0.25) is 0 Å². The summed E-state index contributed by atoms with van der Waals surface area (Å²) in [6.07, 6.45) is 5.88. The zero-order chi connectivity index (χ0) is 20.2. The van der Waals surface area contributed by atoms with E-state index in [0.29, 0.717) is 11.3 Å². The first kappa shape index (κ1) is 18.9. The molecular weight excluding hydrogens is 364 g/mol. The van der Waals surface area contributed by atoms with Gasteiger partial charge in [0, 0.05) is 30.5 Å². The number of nitrogens with one attached hydrogen (secondary N) is 1. The fourth-order valence-corrected chi connectivity index (χ4v) is 3.65. The summed E-state index contributed by atoms with van der Waals surface area (Å²) in [5.74, 6) is -0.0910. The Labute approximate surface area is 170 Å². The molecule has 1 saturated heterocycles. The number of nitrogens with zero attached hydrogens (tertiary/aromatic N) is 3. The fraction of sp³-hybridized carbons (Fsp3) is 0.261. The molecule has 0 unspecified atom stereocenters. The Morgan fingerprint density at radius 2 is 1.79 bits per heavy atom. The highest BCUT2D eigenvalue weighted by molar-refractivity contribution is 5.99. The molecule has 2 heterocycles. The van der Waals surface area contributed by atoms with E-state index >= 15 is 0 Å². The van der Waals surface area contributed by atoms with Crippen molar-refractivity contribution in [2.75, 3.05) is 18.4 Å². The van der Waals surface area contributed by atoms with Crippen LogP contribution in [0.3, 0.4) is 0 Å². The molecule has 0 radical (unpaired) electrons. The molecule has 1 aromatic heterocycles. The van der Waals surface area contributed by atoms with E-state index in [4.69, 9.17) is 0 Å². The van der Waals surface area contributed by atoms with Crippen LogP contribution in [0.25, 0.3) is 5.69 Å². The molecule has 3 aromatic rings. The number of carbonyl (C=O) groups is 2. The Bertz CT molecular complexity index is 1020. The number of benzene rings is 2. The van der Waals surface area contributed by atoms with Gasteiger partial charge in [0.15, 0.2) is 0 Å². The van der Waals surface area contributed by atoms with Crippen LogP contribution >= 0.6 is 0 Å². The molecule has 2 aromatic carbocycles. The number of hydrogen-bond donors (Lipinski definition) is 1. The lowest BCUT2D eigenvalue weighted by Crippen LogP contribution is -2.28. The Balaban J connectivity index is 1.44. The fourth-order valence-electron chi connectivity index (χ4n) is 3.65. The van der Waals surface area contributed by atoms with Crippen LogP contribution in [0.1, 0.15) is 34.3 Å². The second-order valence-corrected chi connectivity index (χ2v) is 7.33. The zero-order valence-electron chi connectivity index (χ0n) is 16.5. The maximum atomic E-state index is 12.7. The molecule has 1 aliphatic rings. The van der Waals surface area contributed by atoms with Crippen LogP contribution in [-0.4, -0.2) is 39.6 Å². The van der Waals surface area contributed by atoms with Gasteiger partial charge < -0.3 is 10.2 Å². The molecule has 6 heteroatoms. The summed E-state index contributed by atoms with van der Waals surface area (Å²) in [7, 11) is 0. The smallest absolute Gasteiger partial charge is 0.254 e. The Morgan fingerprint density at radius 3 is 2.55 bits per heavy atom. The average Bonchev–Trinajstić information content (AvgIpc) is 3.42. The van der Waals surface area contributed by atoms with Gasteiger partial charge in [0.1, 0.15) is 0 Å². The summed E-state index contributed by atoms with van der Waals surface area (Å²) in [6.45, 7) is 3.49. The van der Waals surface area contributed by atoms with Crippen molar-refractivity contribution in [3.8, 4) is 5.69 Å². The quantitative estimate of drug-likeness (QED) is 0.726. The van der Waals surface area contributed by atoms with Crippen LogP contribution in [0.15, 0.2) is 60.9 Å². The normalized spacial score (nSPS) is 13.5. The van der Waals surface area contributed by atoms with Gasteiger partial charge in [-0.1, -0.05) is 24.3 Å². The van der Waals surface area contributed by atoms with E-state index in [2.05, 4.69) is 10.4 Å². The van der Waals surface area contributed by atoms with E-state index in [9.17, 15) is 9.59 Å². The molecule has 1 fully saturated rings. The number of carbonyl (C=O) groups excluding carboxylic acids is 2. The summed E-state index contributed by atoms with van der Waals surface area (Å²) in [4.78, 5) is 27.2. The second kappa shape index (κ2) is 8.31. The number of anilines is 1. The molecule has 0 atom stereocenters. The number of para-hydroxylation sites is 1. The van der Waals surface area contributed by atoms with Crippen molar-refractivity contribution in [1.82, 2.24) is 14.7 Å². The number of hydrogen-bond acceptors (Lipinski definition) is 3. The summed E-state index contributed by atoms with van der Waals surface area (Å²) < 4.78 is 1.75. The SMILES string of the molecule is Cc1c(NC(=O)Cc2cnn(-c3ccccc3)c2)cccc1C(=O)N1CCCC1. The minimum Gasteiger partial charge on any atom is -0.339 e. The van der Waals surface area contributed by atoms with Crippen molar-refractivity contribution in [1.29, 1.82) is 0 Å². The number of amides is 2. The topological polar surface area (TPSA) is 67.2 Å². The Morgan fingerprint density at radius 1 is 1.03 bits per heavy atom. The molecule has 0 saturated carbocycles. The summed E-state index contributed by atoms with van der Waals surface area (Å²) in [5, 5.41) is 7.28. The molecule has 1 N–H and O–H groups in total. The van der Waals surface area contributed by atoms with Crippen LogP contribution in [0.5, 0.6) is 0 Å². The molecule has 6 nitrogen and oxygen atoms in total. The monoisotopic (exact) mass is 388 g/mol. The van der Waals surface area contributed by atoms with Gasteiger partial charge in [0.05, 0.1) is 18.3 Å². The first-order chi connectivity index (χ1) is 14.1. The van der Waals surface area contributed by atoms with Gasteiger partial charge in [-0.2, -0.15) is 5.10 Å². The molecule has 1 aliphatic heterocycles. The van der Waals surface area contributed by atoms with Gasteiger partial charge in [-0.3, -0.25) is 9.59 Å². The number of aromatic nitrogens is 2. The van der Waals surface area contributed by atoms with Gasteiger partial charge in [-0.15, -0.1) is 0 Å². The average molecular weight is 388 g/mol. The maximum absolute atomic E-state index is 12.7. The number of likely N-dealkylation sites (tertiary alicyclic amines) is 1. The van der Waals surface area contributed by atoms with E-state index in [1.54, 1.807) is 10.9 Å². The minimum atomic E-state index is -0.133. The molecule has 148 valence electrons. The lowest BCUT2D eigenvalue weighted by molar-refractivity contribution is -0.115. The highest BCUT2D eigenvalue weighted by Crippen LogP contribution is 2.22. The summed E-state index contributed by atoms with van der Waals surface area (Å²) in [5.41, 5.74) is 3.91. The van der Waals surface area contributed by atoms with Crippen molar-refractivity contribution in [2.45, 2.75) is 26.2 Å². The van der Waals surface area contributed by atoms with Gasteiger partial charge in [-0.25, -0.2) is 4.68 Å². The standard InChI is InChI=1S/C23H24N4O2/c1-17-20(23(29)26-12-5-6-13-26)10-7-11-21(17)25-22(28)14-18-15-24-27(16-18)19-8-3-2-4-9-19/h2-4,7-11,15-16H,5-6,12-14H2,1H3,(H,25,28). The zero-order valence-corrected chi connectivity index (χ0v) is 16.5. The van der Waals surface area contributed by atoms with E-state index in [0.717, 1.165) is 42.7 Å². The van der Waals surface area contributed by atoms with Crippen LogP contribution in [0, 0.1) is 6.92 Å². The third-order valence-corrected chi connectivity index (χ3v) is 5.25. The van der Waals surface area contributed by atoms with Crippen molar-refractivity contribution in [3.05, 3.63) is 77.6 Å². The first-order valence-electron chi connectivity index (χ1n) is 9.89. The first-order valence-corrected chi connectivity index (χ1v) is 9.89. The van der Waals surface area contributed by atoms with Gasteiger partial charge in [0.2, 0.25) is 5.91 Å². The maximum Gasteiger partial charge on any atom is 0.254 e. The van der Waals surface area contributed by atoms with E-state index in [-0.39, 0.29) is 18.2 Å². The van der Waals surface area contributed by atoms with Crippen LogP contribution < -0.4 is 5.32 Å². The van der Waals surface area contributed by atoms with Gasteiger partial charge in [0.25, 0.3) is 5.91 Å². The highest BCUT2D eigenvalue weighted by atomic mass is 16.2. The molecule has 0 spiro atoms. The highest BCUT2D eigenvalue weighted by Gasteiger charge is 2.22. The third kappa shape index (κ3) is 4.21. The molecule has 2 amide bonds. The van der Waals surface area contributed by atoms with Crippen molar-refractivity contribution in [2.24, 2.45) is 0 Å². The van der Waals surface area contributed by atoms with Crippen LogP contribution in [-0.2, 0) is 11.2 Å².